The fourth-order valence-electron chi connectivity index (χ4n) is 2.64. The van der Waals surface area contributed by atoms with Crippen molar-refractivity contribution >= 4 is 45.2 Å². The van der Waals surface area contributed by atoms with E-state index in [2.05, 4.69) is 15.6 Å². The number of benzene rings is 1. The van der Waals surface area contributed by atoms with Crippen LogP contribution in [-0.2, 0) is 20.3 Å². The molecular formula is C17H18FN3O4S2. The van der Waals surface area contributed by atoms with Crippen LogP contribution in [0.25, 0.3) is 11.1 Å². The summed E-state index contributed by atoms with van der Waals surface area (Å²) in [6.45, 7) is 0.894. The zero-order valence-electron chi connectivity index (χ0n) is 14.5. The number of ether oxygens (including phenoxy) is 1. The summed E-state index contributed by atoms with van der Waals surface area (Å²) >= 11 is 4.95. The molecule has 0 fully saturated rings. The van der Waals surface area contributed by atoms with Gasteiger partial charge in [-0.3, -0.25) is 0 Å². The van der Waals surface area contributed by atoms with Crippen LogP contribution in [0, 0.1) is 0 Å². The molecule has 10 heteroatoms. The average molecular weight is 411 g/mol. The van der Waals surface area contributed by atoms with Gasteiger partial charge >= 0.3 is 5.97 Å². The Morgan fingerprint density at radius 3 is 2.96 bits per heavy atom. The van der Waals surface area contributed by atoms with Gasteiger partial charge in [0.15, 0.2) is 10.7 Å². The largest absolute Gasteiger partial charge is 0.462 e. The van der Waals surface area contributed by atoms with Crippen molar-refractivity contribution in [1.82, 2.24) is 15.6 Å². The number of aromatic nitrogens is 1. The summed E-state index contributed by atoms with van der Waals surface area (Å²) in [5.74, 6) is -0.407. The summed E-state index contributed by atoms with van der Waals surface area (Å²) in [6, 6.07) is 6.32. The second-order valence-electron chi connectivity index (χ2n) is 5.83. The maximum Gasteiger partial charge on any atom is 0.337 e. The normalized spacial score (nSPS) is 18.1. The van der Waals surface area contributed by atoms with Crippen LogP contribution in [0.5, 0.6) is 0 Å². The van der Waals surface area contributed by atoms with Crippen molar-refractivity contribution in [2.45, 2.75) is 24.6 Å². The lowest BCUT2D eigenvalue weighted by Gasteiger charge is -2.27. The summed E-state index contributed by atoms with van der Waals surface area (Å²) in [4.78, 5) is 16.4. The monoisotopic (exact) mass is 411 g/mol. The highest BCUT2D eigenvalue weighted by Gasteiger charge is 2.29. The first-order chi connectivity index (χ1) is 13.0. The first-order valence-electron chi connectivity index (χ1n) is 8.25. The number of allylic oxidation sites excluding steroid dienone is 1. The molecule has 0 saturated carbocycles. The minimum Gasteiger partial charge on any atom is -0.462 e. The van der Waals surface area contributed by atoms with Crippen molar-refractivity contribution in [1.29, 1.82) is 0 Å². The van der Waals surface area contributed by atoms with Gasteiger partial charge in [-0.25, -0.2) is 18.4 Å². The second-order valence-corrected chi connectivity index (χ2v) is 7.69. The molecule has 2 unspecified atom stereocenters. The van der Waals surface area contributed by atoms with Crippen molar-refractivity contribution in [2.24, 2.45) is 0 Å². The number of thiocarbonyl (C=S) groups is 1. The lowest BCUT2D eigenvalue weighted by molar-refractivity contribution is -0.139. The molecule has 27 heavy (non-hydrogen) atoms. The topological polar surface area (TPSA) is 93.5 Å². The van der Waals surface area contributed by atoms with Crippen molar-refractivity contribution in [3.05, 3.63) is 35.5 Å². The summed E-state index contributed by atoms with van der Waals surface area (Å²) in [5, 5.41) is 5.88. The third kappa shape index (κ3) is 4.51. The Morgan fingerprint density at radius 1 is 1.44 bits per heavy atom. The number of hydrogen-bond acceptors (Lipinski definition) is 6. The highest BCUT2D eigenvalue weighted by atomic mass is 32.2. The smallest absolute Gasteiger partial charge is 0.337 e. The van der Waals surface area contributed by atoms with Crippen molar-refractivity contribution in [2.75, 3.05) is 19.0 Å². The molecule has 2 N–H and O–H groups in total. The molecule has 0 aliphatic carbocycles. The number of oxazole rings is 1. The average Bonchev–Trinajstić information content (AvgIpc) is 3.08. The van der Waals surface area contributed by atoms with Crippen molar-refractivity contribution < 1.29 is 22.5 Å². The quantitative estimate of drug-likeness (QED) is 0.406. The van der Waals surface area contributed by atoms with Gasteiger partial charge in [0.1, 0.15) is 23.0 Å². The summed E-state index contributed by atoms with van der Waals surface area (Å²) in [7, 11) is -1.44. The van der Waals surface area contributed by atoms with Crippen LogP contribution in [0.4, 0.5) is 4.39 Å². The number of esters is 1. The zero-order chi connectivity index (χ0) is 19.4. The molecule has 7 nitrogen and oxygen atoms in total. The maximum atomic E-state index is 13.2. The number of rotatable bonds is 7. The Kier molecular flexibility index (Phi) is 6.17. The van der Waals surface area contributed by atoms with E-state index in [1.54, 1.807) is 19.1 Å². The van der Waals surface area contributed by atoms with Crippen LogP contribution in [0.15, 0.2) is 45.2 Å². The fourth-order valence-corrected chi connectivity index (χ4v) is 3.88. The molecule has 0 bridgehead atoms. The molecule has 0 amide bonds. The lowest BCUT2D eigenvalue weighted by atomic mass is 10.0. The van der Waals surface area contributed by atoms with E-state index in [1.165, 1.54) is 0 Å². The molecular weight excluding hydrogens is 393 g/mol. The SMILES string of the molecule is CC1=C(C(=O)OCCCS(=O)c2nc3ccccc3o2)C(CF)NC(=S)N1. The molecule has 1 aliphatic heterocycles. The van der Waals surface area contributed by atoms with Gasteiger partial charge in [-0.1, -0.05) is 12.1 Å². The van der Waals surface area contributed by atoms with E-state index in [0.29, 0.717) is 23.2 Å². The van der Waals surface area contributed by atoms with Crippen LogP contribution < -0.4 is 10.6 Å². The lowest BCUT2D eigenvalue weighted by Crippen LogP contribution is -2.50. The minimum absolute atomic E-state index is 0.0467. The number of nitrogens with one attached hydrogen (secondary N) is 2. The summed E-state index contributed by atoms with van der Waals surface area (Å²) < 4.78 is 36.1. The molecule has 2 heterocycles. The van der Waals surface area contributed by atoms with Crippen molar-refractivity contribution in [3.8, 4) is 0 Å². The van der Waals surface area contributed by atoms with Gasteiger partial charge < -0.3 is 19.8 Å². The molecule has 1 aromatic carbocycles. The molecule has 0 spiro atoms. The number of fused-ring (bicyclic) bond motifs is 1. The first kappa shape index (κ1) is 19.4. The number of para-hydroxylation sites is 2. The number of carbonyl (C=O) groups is 1. The Bertz CT molecular complexity index is 895. The van der Waals surface area contributed by atoms with Crippen LogP contribution >= 0.6 is 12.2 Å². The van der Waals surface area contributed by atoms with E-state index in [9.17, 15) is 13.4 Å². The molecule has 2 aromatic rings. The van der Waals surface area contributed by atoms with E-state index in [1.807, 2.05) is 12.1 Å². The van der Waals surface area contributed by atoms with Crippen LogP contribution in [-0.4, -0.2) is 45.4 Å². The van der Waals surface area contributed by atoms with Crippen LogP contribution in [0.3, 0.4) is 0 Å². The number of halogens is 1. The number of carbonyl (C=O) groups excluding carboxylic acids is 1. The molecule has 0 radical (unpaired) electrons. The molecule has 3 rings (SSSR count). The standard InChI is InChI=1S/C17H18FN3O4S2/c1-10-14(12(9-18)20-16(26)19-10)15(22)24-7-4-8-27(23)17-21-11-5-2-3-6-13(11)25-17/h2-3,5-6,12H,4,7-9H2,1H3,(H2,19,20,26). The van der Waals surface area contributed by atoms with Gasteiger partial charge in [-0.15, -0.1) is 0 Å². The van der Waals surface area contributed by atoms with Gasteiger partial charge in [0, 0.05) is 11.4 Å². The number of hydrogen-bond donors (Lipinski definition) is 2. The minimum atomic E-state index is -1.44. The zero-order valence-corrected chi connectivity index (χ0v) is 16.1. The van der Waals surface area contributed by atoms with E-state index < -0.39 is 29.5 Å². The molecule has 1 aliphatic rings. The Morgan fingerprint density at radius 2 is 2.22 bits per heavy atom. The second kappa shape index (κ2) is 8.57. The Hall–Kier alpha value is -2.33. The number of nitrogens with zero attached hydrogens (tertiary/aromatic N) is 1. The molecule has 1 aromatic heterocycles. The Labute approximate surface area is 162 Å². The van der Waals surface area contributed by atoms with Gasteiger partial charge in [0.05, 0.1) is 18.2 Å². The van der Waals surface area contributed by atoms with E-state index in [4.69, 9.17) is 21.4 Å². The molecule has 0 saturated heterocycles. The van der Waals surface area contributed by atoms with E-state index in [-0.39, 0.29) is 28.3 Å². The van der Waals surface area contributed by atoms with Crippen LogP contribution in [0.2, 0.25) is 0 Å². The third-order valence-corrected chi connectivity index (χ3v) is 5.35. The number of alkyl halides is 1. The molecule has 2 atom stereocenters. The predicted octanol–water partition coefficient (Wildman–Crippen LogP) is 1.96. The van der Waals surface area contributed by atoms with Crippen LogP contribution in [0.1, 0.15) is 13.3 Å². The predicted molar refractivity (Wildman–Crippen MR) is 102 cm³/mol. The van der Waals surface area contributed by atoms with Gasteiger partial charge in [0.2, 0.25) is 0 Å². The fraction of sp³-hybridized carbons (Fsp3) is 0.353. The highest BCUT2D eigenvalue weighted by molar-refractivity contribution is 7.84. The summed E-state index contributed by atoms with van der Waals surface area (Å²) in [5.41, 5.74) is 1.84. The third-order valence-electron chi connectivity index (χ3n) is 3.91. The van der Waals surface area contributed by atoms with Gasteiger partial charge in [0.25, 0.3) is 5.22 Å². The Balaban J connectivity index is 1.52. The van der Waals surface area contributed by atoms with Gasteiger partial charge in [-0.2, -0.15) is 0 Å². The van der Waals surface area contributed by atoms with E-state index >= 15 is 0 Å². The summed E-state index contributed by atoms with van der Waals surface area (Å²) in [6.07, 6.45) is 0.350. The highest BCUT2D eigenvalue weighted by Crippen LogP contribution is 2.18. The van der Waals surface area contributed by atoms with Gasteiger partial charge in [-0.05, 0) is 37.7 Å². The van der Waals surface area contributed by atoms with Crippen molar-refractivity contribution in [3.63, 3.8) is 0 Å². The van der Waals surface area contributed by atoms with E-state index in [0.717, 1.165) is 0 Å². The maximum absolute atomic E-state index is 13.2. The molecule has 144 valence electrons. The first-order valence-corrected chi connectivity index (χ1v) is 9.97.